The molecule has 0 unspecified atom stereocenters. The number of aryl methyl sites for hydroxylation is 1. The first kappa shape index (κ1) is 14.8. The second-order valence-electron chi connectivity index (χ2n) is 4.96. The molecule has 0 fully saturated rings. The lowest BCUT2D eigenvalue weighted by Gasteiger charge is -2.18. The SMILES string of the molecule is CC(=O)Nc1ccc(N(C)C(=O)c2ccc(C)cc2)cc1. The van der Waals surface area contributed by atoms with Crippen LogP contribution in [0.15, 0.2) is 48.5 Å². The number of rotatable bonds is 3. The third kappa shape index (κ3) is 3.69. The van der Waals surface area contributed by atoms with E-state index in [-0.39, 0.29) is 11.8 Å². The number of amides is 2. The van der Waals surface area contributed by atoms with E-state index in [1.54, 1.807) is 36.2 Å². The molecule has 0 atom stereocenters. The molecule has 108 valence electrons. The lowest BCUT2D eigenvalue weighted by atomic mass is 10.1. The molecule has 0 aliphatic heterocycles. The molecule has 4 heteroatoms. The van der Waals surface area contributed by atoms with Crippen LogP contribution in [-0.4, -0.2) is 18.9 Å². The molecule has 2 aromatic carbocycles. The van der Waals surface area contributed by atoms with Crippen molar-refractivity contribution in [2.75, 3.05) is 17.3 Å². The van der Waals surface area contributed by atoms with E-state index in [2.05, 4.69) is 5.32 Å². The third-order valence-corrected chi connectivity index (χ3v) is 3.18. The van der Waals surface area contributed by atoms with Crippen LogP contribution in [0.2, 0.25) is 0 Å². The molecule has 2 rings (SSSR count). The topological polar surface area (TPSA) is 49.4 Å². The van der Waals surface area contributed by atoms with Crippen molar-refractivity contribution in [1.29, 1.82) is 0 Å². The van der Waals surface area contributed by atoms with E-state index < -0.39 is 0 Å². The quantitative estimate of drug-likeness (QED) is 0.939. The van der Waals surface area contributed by atoms with E-state index in [1.165, 1.54) is 6.92 Å². The first-order valence-electron chi connectivity index (χ1n) is 6.70. The van der Waals surface area contributed by atoms with Crippen molar-refractivity contribution in [1.82, 2.24) is 0 Å². The van der Waals surface area contributed by atoms with Gasteiger partial charge in [-0.2, -0.15) is 0 Å². The van der Waals surface area contributed by atoms with Crippen molar-refractivity contribution in [3.05, 3.63) is 59.7 Å². The maximum Gasteiger partial charge on any atom is 0.258 e. The van der Waals surface area contributed by atoms with Crippen molar-refractivity contribution < 1.29 is 9.59 Å². The first-order valence-corrected chi connectivity index (χ1v) is 6.70. The Morgan fingerprint density at radius 1 is 0.952 bits per heavy atom. The summed E-state index contributed by atoms with van der Waals surface area (Å²) in [5, 5.41) is 2.70. The van der Waals surface area contributed by atoms with Gasteiger partial charge in [0.25, 0.3) is 5.91 Å². The van der Waals surface area contributed by atoms with Crippen LogP contribution in [-0.2, 0) is 4.79 Å². The van der Waals surface area contributed by atoms with Crippen molar-refractivity contribution in [2.24, 2.45) is 0 Å². The Labute approximate surface area is 124 Å². The van der Waals surface area contributed by atoms with Crippen LogP contribution in [0.3, 0.4) is 0 Å². The summed E-state index contributed by atoms with van der Waals surface area (Å²) in [6.07, 6.45) is 0. The van der Waals surface area contributed by atoms with Crippen LogP contribution in [0.4, 0.5) is 11.4 Å². The van der Waals surface area contributed by atoms with Gasteiger partial charge in [-0.3, -0.25) is 9.59 Å². The number of benzene rings is 2. The molecule has 0 bridgehead atoms. The number of anilines is 2. The van der Waals surface area contributed by atoms with E-state index in [0.717, 1.165) is 11.3 Å². The minimum absolute atomic E-state index is 0.0673. The molecule has 0 saturated carbocycles. The molecule has 21 heavy (non-hydrogen) atoms. The lowest BCUT2D eigenvalue weighted by Crippen LogP contribution is -2.26. The molecule has 0 aromatic heterocycles. The minimum Gasteiger partial charge on any atom is -0.326 e. The Bertz CT molecular complexity index is 645. The summed E-state index contributed by atoms with van der Waals surface area (Å²) in [7, 11) is 1.73. The molecule has 0 aliphatic carbocycles. The number of carbonyl (C=O) groups is 2. The van der Waals surface area contributed by atoms with Gasteiger partial charge in [-0.25, -0.2) is 0 Å². The summed E-state index contributed by atoms with van der Waals surface area (Å²) in [5.41, 5.74) is 3.25. The van der Waals surface area contributed by atoms with E-state index >= 15 is 0 Å². The van der Waals surface area contributed by atoms with Gasteiger partial charge in [0.05, 0.1) is 0 Å². The summed E-state index contributed by atoms with van der Waals surface area (Å²) < 4.78 is 0. The highest BCUT2D eigenvalue weighted by atomic mass is 16.2. The molecule has 2 aromatic rings. The molecule has 4 nitrogen and oxygen atoms in total. The maximum atomic E-state index is 12.4. The minimum atomic E-state index is -0.119. The Morgan fingerprint density at radius 2 is 1.52 bits per heavy atom. The van der Waals surface area contributed by atoms with Crippen molar-refractivity contribution >= 4 is 23.2 Å². The second kappa shape index (κ2) is 6.22. The molecule has 0 saturated heterocycles. The summed E-state index contributed by atoms with van der Waals surface area (Å²) in [6, 6.07) is 14.6. The van der Waals surface area contributed by atoms with Crippen LogP contribution in [0, 0.1) is 6.92 Å². The molecule has 2 amide bonds. The van der Waals surface area contributed by atoms with Gasteiger partial charge >= 0.3 is 0 Å². The molecule has 0 radical (unpaired) electrons. The van der Waals surface area contributed by atoms with E-state index in [9.17, 15) is 9.59 Å². The van der Waals surface area contributed by atoms with Crippen LogP contribution < -0.4 is 10.2 Å². The van der Waals surface area contributed by atoms with Gasteiger partial charge in [-0.05, 0) is 43.3 Å². The summed E-state index contributed by atoms with van der Waals surface area (Å²) >= 11 is 0. The van der Waals surface area contributed by atoms with Gasteiger partial charge < -0.3 is 10.2 Å². The molecule has 0 aliphatic rings. The normalized spacial score (nSPS) is 10.0. The van der Waals surface area contributed by atoms with E-state index in [0.29, 0.717) is 11.3 Å². The van der Waals surface area contributed by atoms with Crippen LogP contribution in [0.1, 0.15) is 22.8 Å². The zero-order valence-electron chi connectivity index (χ0n) is 12.4. The fourth-order valence-corrected chi connectivity index (χ4v) is 1.98. The monoisotopic (exact) mass is 282 g/mol. The van der Waals surface area contributed by atoms with Crippen LogP contribution >= 0.6 is 0 Å². The molecule has 0 spiro atoms. The summed E-state index contributed by atoms with van der Waals surface area (Å²) in [6.45, 7) is 3.44. The highest BCUT2D eigenvalue weighted by molar-refractivity contribution is 6.05. The molecule has 0 heterocycles. The van der Waals surface area contributed by atoms with Crippen molar-refractivity contribution in [3.63, 3.8) is 0 Å². The van der Waals surface area contributed by atoms with Crippen molar-refractivity contribution in [2.45, 2.75) is 13.8 Å². The van der Waals surface area contributed by atoms with E-state index in [4.69, 9.17) is 0 Å². The highest BCUT2D eigenvalue weighted by Gasteiger charge is 2.13. The Balaban J connectivity index is 2.15. The second-order valence-corrected chi connectivity index (χ2v) is 4.96. The standard InChI is InChI=1S/C17H18N2O2/c1-12-4-6-14(7-5-12)17(21)19(3)16-10-8-15(9-11-16)18-13(2)20/h4-11H,1-3H3,(H,18,20). The van der Waals surface area contributed by atoms with Gasteiger partial charge in [-0.15, -0.1) is 0 Å². The average molecular weight is 282 g/mol. The lowest BCUT2D eigenvalue weighted by molar-refractivity contribution is -0.114. The number of hydrogen-bond donors (Lipinski definition) is 1. The first-order chi connectivity index (χ1) is 9.97. The van der Waals surface area contributed by atoms with Crippen molar-refractivity contribution in [3.8, 4) is 0 Å². The Hall–Kier alpha value is -2.62. The Kier molecular flexibility index (Phi) is 4.38. The molecule has 1 N–H and O–H groups in total. The fourth-order valence-electron chi connectivity index (χ4n) is 1.98. The number of nitrogens with one attached hydrogen (secondary N) is 1. The highest BCUT2D eigenvalue weighted by Crippen LogP contribution is 2.19. The predicted octanol–water partition coefficient (Wildman–Crippen LogP) is 3.23. The van der Waals surface area contributed by atoms with Gasteiger partial charge in [0.15, 0.2) is 0 Å². The number of carbonyl (C=O) groups excluding carboxylic acids is 2. The van der Waals surface area contributed by atoms with E-state index in [1.807, 2.05) is 31.2 Å². The predicted molar refractivity (Wildman–Crippen MR) is 84.7 cm³/mol. The van der Waals surface area contributed by atoms with Gasteiger partial charge in [0.1, 0.15) is 0 Å². The third-order valence-electron chi connectivity index (χ3n) is 3.18. The van der Waals surface area contributed by atoms with Gasteiger partial charge in [0.2, 0.25) is 5.91 Å². The molecular formula is C17H18N2O2. The summed E-state index contributed by atoms with van der Waals surface area (Å²) in [4.78, 5) is 24.9. The fraction of sp³-hybridized carbons (Fsp3) is 0.176. The average Bonchev–Trinajstić information content (AvgIpc) is 2.47. The van der Waals surface area contributed by atoms with Gasteiger partial charge in [-0.1, -0.05) is 17.7 Å². The summed E-state index contributed by atoms with van der Waals surface area (Å²) in [5.74, 6) is -0.186. The Morgan fingerprint density at radius 3 is 2.05 bits per heavy atom. The van der Waals surface area contributed by atoms with Crippen LogP contribution in [0.5, 0.6) is 0 Å². The van der Waals surface area contributed by atoms with Gasteiger partial charge in [0, 0.05) is 30.9 Å². The zero-order valence-corrected chi connectivity index (χ0v) is 12.4. The maximum absolute atomic E-state index is 12.4. The smallest absolute Gasteiger partial charge is 0.258 e. The number of nitrogens with zero attached hydrogens (tertiary/aromatic N) is 1. The zero-order chi connectivity index (χ0) is 15.4. The number of hydrogen-bond acceptors (Lipinski definition) is 2. The van der Waals surface area contributed by atoms with Crippen LogP contribution in [0.25, 0.3) is 0 Å². The largest absolute Gasteiger partial charge is 0.326 e. The molecular weight excluding hydrogens is 264 g/mol.